The molecule has 0 aliphatic heterocycles. The molecule has 150 valence electrons. The Hall–Kier alpha value is -2.06. The minimum absolute atomic E-state index is 0. The number of benzene rings is 2. The third-order valence-corrected chi connectivity index (χ3v) is 5.71. The number of halogens is 1. The van der Waals surface area contributed by atoms with Gasteiger partial charge in [-0.15, -0.1) is 0 Å². The SMILES string of the molecule is Cc1cc(C)c(C[n+]2cn(-c3ccccc3C(C)(C)C)c(C)c2C)c(C)c1.[Cl-]. The van der Waals surface area contributed by atoms with E-state index in [1.165, 1.54) is 44.9 Å². The number of hydrogen-bond donors (Lipinski definition) is 0. The van der Waals surface area contributed by atoms with E-state index in [2.05, 4.69) is 107 Å². The molecular formula is C25H33ClN2. The lowest BCUT2D eigenvalue weighted by molar-refractivity contribution is -0.693. The summed E-state index contributed by atoms with van der Waals surface area (Å²) in [6.07, 6.45) is 2.27. The van der Waals surface area contributed by atoms with E-state index in [1.807, 2.05) is 0 Å². The molecule has 0 saturated carbocycles. The van der Waals surface area contributed by atoms with Crippen molar-refractivity contribution in [3.8, 4) is 5.69 Å². The molecule has 2 aromatic carbocycles. The summed E-state index contributed by atoms with van der Waals surface area (Å²) >= 11 is 0. The molecule has 2 nitrogen and oxygen atoms in total. The Morgan fingerprint density at radius 2 is 1.46 bits per heavy atom. The molecule has 1 aromatic heterocycles. The van der Waals surface area contributed by atoms with Gasteiger partial charge in [0.15, 0.2) is 0 Å². The van der Waals surface area contributed by atoms with E-state index >= 15 is 0 Å². The van der Waals surface area contributed by atoms with Gasteiger partial charge in [0, 0.05) is 19.4 Å². The van der Waals surface area contributed by atoms with Gasteiger partial charge in [-0.3, -0.25) is 0 Å². The second-order valence-electron chi connectivity index (χ2n) is 8.93. The Morgan fingerprint density at radius 1 is 0.893 bits per heavy atom. The molecule has 0 N–H and O–H groups in total. The Kier molecular flexibility index (Phi) is 6.45. The van der Waals surface area contributed by atoms with Crippen LogP contribution >= 0.6 is 0 Å². The summed E-state index contributed by atoms with van der Waals surface area (Å²) in [7, 11) is 0. The van der Waals surface area contributed by atoms with Crippen molar-refractivity contribution >= 4 is 0 Å². The second-order valence-corrected chi connectivity index (χ2v) is 8.93. The molecule has 3 rings (SSSR count). The van der Waals surface area contributed by atoms with Crippen LogP contribution in [0.1, 0.15) is 60.0 Å². The van der Waals surface area contributed by atoms with Crippen molar-refractivity contribution in [3.05, 3.63) is 81.9 Å². The highest BCUT2D eigenvalue weighted by atomic mass is 35.5. The first-order valence-electron chi connectivity index (χ1n) is 9.84. The van der Waals surface area contributed by atoms with E-state index in [9.17, 15) is 0 Å². The van der Waals surface area contributed by atoms with Crippen LogP contribution < -0.4 is 17.0 Å². The fraction of sp³-hybridized carbons (Fsp3) is 0.400. The van der Waals surface area contributed by atoms with E-state index in [-0.39, 0.29) is 17.8 Å². The molecule has 3 heteroatoms. The summed E-state index contributed by atoms with van der Waals surface area (Å²) in [5, 5.41) is 0. The molecule has 0 spiro atoms. The van der Waals surface area contributed by atoms with Crippen molar-refractivity contribution in [2.75, 3.05) is 0 Å². The zero-order valence-electron chi connectivity index (χ0n) is 18.5. The van der Waals surface area contributed by atoms with E-state index < -0.39 is 0 Å². The van der Waals surface area contributed by atoms with Crippen LogP contribution in [0, 0.1) is 34.6 Å². The van der Waals surface area contributed by atoms with Gasteiger partial charge >= 0.3 is 0 Å². The van der Waals surface area contributed by atoms with Crippen molar-refractivity contribution in [3.63, 3.8) is 0 Å². The molecule has 28 heavy (non-hydrogen) atoms. The van der Waals surface area contributed by atoms with E-state index in [4.69, 9.17) is 0 Å². The fourth-order valence-corrected chi connectivity index (χ4v) is 4.04. The number of imidazole rings is 1. The summed E-state index contributed by atoms with van der Waals surface area (Å²) in [5.41, 5.74) is 10.9. The predicted octanol–water partition coefficient (Wildman–Crippen LogP) is 2.66. The first-order valence-corrected chi connectivity index (χ1v) is 9.84. The molecule has 0 saturated heterocycles. The van der Waals surface area contributed by atoms with Crippen LogP contribution in [0.2, 0.25) is 0 Å². The van der Waals surface area contributed by atoms with Crippen LogP contribution in [0.25, 0.3) is 5.69 Å². The predicted molar refractivity (Wildman–Crippen MR) is 114 cm³/mol. The van der Waals surface area contributed by atoms with Crippen molar-refractivity contribution < 1.29 is 17.0 Å². The highest BCUT2D eigenvalue weighted by Crippen LogP contribution is 2.29. The molecule has 0 bridgehead atoms. The average molecular weight is 397 g/mol. The lowest BCUT2D eigenvalue weighted by Crippen LogP contribution is -3.00. The molecular weight excluding hydrogens is 364 g/mol. The highest BCUT2D eigenvalue weighted by Gasteiger charge is 2.25. The second kappa shape index (κ2) is 8.13. The topological polar surface area (TPSA) is 8.81 Å². The smallest absolute Gasteiger partial charge is 0.249 e. The lowest BCUT2D eigenvalue weighted by atomic mass is 9.85. The van der Waals surface area contributed by atoms with Gasteiger partial charge < -0.3 is 12.4 Å². The summed E-state index contributed by atoms with van der Waals surface area (Å²) in [6, 6.07) is 13.3. The number of aryl methyl sites for hydroxylation is 3. The van der Waals surface area contributed by atoms with Gasteiger partial charge in [-0.2, -0.15) is 4.57 Å². The third-order valence-electron chi connectivity index (χ3n) is 5.71. The van der Waals surface area contributed by atoms with Gasteiger partial charge in [-0.05, 0) is 48.9 Å². The Morgan fingerprint density at radius 3 is 2.04 bits per heavy atom. The summed E-state index contributed by atoms with van der Waals surface area (Å²) in [6.45, 7) is 18.8. The van der Waals surface area contributed by atoms with Crippen LogP contribution in [0.5, 0.6) is 0 Å². The van der Waals surface area contributed by atoms with E-state index in [0.29, 0.717) is 0 Å². The van der Waals surface area contributed by atoms with Crippen molar-refractivity contribution in [2.24, 2.45) is 0 Å². The van der Waals surface area contributed by atoms with Crippen LogP contribution in [-0.2, 0) is 12.0 Å². The Balaban J connectivity index is 0.00000280. The maximum absolute atomic E-state index is 2.39. The van der Waals surface area contributed by atoms with E-state index in [0.717, 1.165) is 6.54 Å². The minimum atomic E-state index is 0. The monoisotopic (exact) mass is 396 g/mol. The molecule has 3 aromatic rings. The zero-order chi connectivity index (χ0) is 19.9. The van der Waals surface area contributed by atoms with Crippen molar-refractivity contribution in [1.82, 2.24) is 4.57 Å². The maximum Gasteiger partial charge on any atom is 0.249 e. The molecule has 0 radical (unpaired) electrons. The van der Waals surface area contributed by atoms with Crippen LogP contribution in [-0.4, -0.2) is 4.57 Å². The molecule has 0 aliphatic rings. The van der Waals surface area contributed by atoms with Crippen LogP contribution in [0.3, 0.4) is 0 Å². The molecule has 0 atom stereocenters. The average Bonchev–Trinajstić information content (AvgIpc) is 2.85. The maximum atomic E-state index is 2.39. The Bertz CT molecular complexity index is 967. The summed E-state index contributed by atoms with van der Waals surface area (Å²) in [5.74, 6) is 0. The van der Waals surface area contributed by atoms with Crippen molar-refractivity contribution in [2.45, 2.75) is 67.3 Å². The normalized spacial score (nSPS) is 11.4. The highest BCUT2D eigenvalue weighted by molar-refractivity contribution is 5.46. The standard InChI is InChI=1S/C25H33N2.ClH/c1-17-13-18(2)22(19(3)14-17)15-26-16-27(21(5)20(26)4)24-12-10-9-11-23(24)25(6,7)8;/h9-14,16H,15H2,1-8H3;1H/q+1;/p-1. The van der Waals surface area contributed by atoms with Gasteiger partial charge in [-0.25, -0.2) is 4.57 Å². The summed E-state index contributed by atoms with van der Waals surface area (Å²) < 4.78 is 4.74. The third kappa shape index (κ3) is 4.17. The van der Waals surface area contributed by atoms with Crippen LogP contribution in [0.4, 0.5) is 0 Å². The molecule has 0 unspecified atom stereocenters. The number of aromatic nitrogens is 2. The summed E-state index contributed by atoms with van der Waals surface area (Å²) in [4.78, 5) is 0. The molecule has 0 aliphatic carbocycles. The number of para-hydroxylation sites is 1. The van der Waals surface area contributed by atoms with Gasteiger partial charge in [0.1, 0.15) is 23.6 Å². The van der Waals surface area contributed by atoms with Gasteiger partial charge in [-0.1, -0.05) is 56.7 Å². The number of nitrogens with zero attached hydrogens (tertiary/aromatic N) is 2. The van der Waals surface area contributed by atoms with Gasteiger partial charge in [0.25, 0.3) is 0 Å². The minimum Gasteiger partial charge on any atom is -1.00 e. The quantitative estimate of drug-likeness (QED) is 0.602. The zero-order valence-corrected chi connectivity index (χ0v) is 19.3. The number of rotatable bonds is 3. The van der Waals surface area contributed by atoms with Gasteiger partial charge in [0.2, 0.25) is 6.33 Å². The lowest BCUT2D eigenvalue weighted by Gasteiger charge is -2.21. The number of hydrogen-bond acceptors (Lipinski definition) is 0. The first-order chi connectivity index (χ1) is 12.6. The van der Waals surface area contributed by atoms with E-state index in [1.54, 1.807) is 0 Å². The molecule has 0 amide bonds. The van der Waals surface area contributed by atoms with Gasteiger partial charge in [0.05, 0.1) is 0 Å². The molecule has 0 fully saturated rings. The van der Waals surface area contributed by atoms with Crippen molar-refractivity contribution in [1.29, 1.82) is 0 Å². The largest absolute Gasteiger partial charge is 1.00 e. The van der Waals surface area contributed by atoms with Crippen LogP contribution in [0.15, 0.2) is 42.7 Å². The Labute approximate surface area is 176 Å². The molecule has 1 heterocycles. The fourth-order valence-electron chi connectivity index (χ4n) is 4.04. The first kappa shape index (κ1) is 22.2.